The average Bonchev–Trinajstić information content (AvgIpc) is 3.14. The van der Waals surface area contributed by atoms with Crippen LogP contribution in [0, 0.1) is 5.41 Å². The first kappa shape index (κ1) is 21.0. The molecule has 0 bridgehead atoms. The lowest BCUT2D eigenvalue weighted by Gasteiger charge is -2.17. The van der Waals surface area contributed by atoms with Crippen LogP contribution in [-0.2, 0) is 17.6 Å². The first-order valence-electron chi connectivity index (χ1n) is 9.54. The van der Waals surface area contributed by atoms with E-state index in [1.165, 1.54) is 17.3 Å². The summed E-state index contributed by atoms with van der Waals surface area (Å²) in [4.78, 5) is 12.2. The maximum Gasteiger partial charge on any atom is 0.254 e. The van der Waals surface area contributed by atoms with E-state index in [0.29, 0.717) is 23.3 Å². The van der Waals surface area contributed by atoms with Gasteiger partial charge in [0.25, 0.3) is 5.91 Å². The zero-order valence-corrected chi connectivity index (χ0v) is 16.7. The van der Waals surface area contributed by atoms with Gasteiger partial charge in [0.05, 0.1) is 11.7 Å². The summed E-state index contributed by atoms with van der Waals surface area (Å²) in [5.41, 5.74) is 3.56. The van der Waals surface area contributed by atoms with Gasteiger partial charge in [-0.05, 0) is 42.2 Å². The number of halogens is 1. The summed E-state index contributed by atoms with van der Waals surface area (Å²) < 4.78 is 0. The smallest absolute Gasteiger partial charge is 0.254 e. The molecule has 0 aliphatic heterocycles. The standard InChI is InChI=1S/C22H25ClN4O2/c23-18-6-3-7-19(10-18)25-12-17(11-24)22(29)27-14-21(28)13-26-20-8-15-4-1-2-5-16(15)9-20/h1-7,10-12,20-21,24-26,28H,8-9,13-14H2,(H,27,29)/b17-12+,24-11?/t21-/m1/s1. The molecule has 7 heteroatoms. The highest BCUT2D eigenvalue weighted by Gasteiger charge is 2.21. The molecule has 3 rings (SSSR count). The molecule has 0 aromatic heterocycles. The van der Waals surface area contributed by atoms with Gasteiger partial charge in [-0.2, -0.15) is 0 Å². The van der Waals surface area contributed by atoms with Gasteiger partial charge in [-0.25, -0.2) is 0 Å². The van der Waals surface area contributed by atoms with E-state index >= 15 is 0 Å². The normalized spacial score (nSPS) is 14.9. The van der Waals surface area contributed by atoms with Crippen molar-refractivity contribution in [1.29, 1.82) is 5.41 Å². The van der Waals surface area contributed by atoms with E-state index in [9.17, 15) is 9.90 Å². The highest BCUT2D eigenvalue weighted by Crippen LogP contribution is 2.21. The molecule has 1 aliphatic carbocycles. The number of hydrogen-bond acceptors (Lipinski definition) is 5. The van der Waals surface area contributed by atoms with Crippen molar-refractivity contribution in [2.24, 2.45) is 0 Å². The van der Waals surface area contributed by atoms with Crippen LogP contribution in [0.5, 0.6) is 0 Å². The number of aliphatic hydroxyl groups excluding tert-OH is 1. The van der Waals surface area contributed by atoms with Crippen LogP contribution in [0.3, 0.4) is 0 Å². The monoisotopic (exact) mass is 412 g/mol. The molecule has 0 heterocycles. The number of aliphatic hydroxyl groups is 1. The van der Waals surface area contributed by atoms with E-state index in [1.807, 2.05) is 12.1 Å². The average molecular weight is 413 g/mol. The Bertz CT molecular complexity index is 875. The molecule has 0 unspecified atom stereocenters. The Kier molecular flexibility index (Phi) is 7.41. The number of fused-ring (bicyclic) bond motifs is 1. The lowest BCUT2D eigenvalue weighted by molar-refractivity contribution is -0.117. The molecule has 0 spiro atoms. The number of hydrogen-bond donors (Lipinski definition) is 5. The van der Waals surface area contributed by atoms with Crippen molar-refractivity contribution in [3.63, 3.8) is 0 Å². The minimum atomic E-state index is -0.712. The second-order valence-electron chi connectivity index (χ2n) is 7.04. The zero-order valence-electron chi connectivity index (χ0n) is 16.0. The van der Waals surface area contributed by atoms with Gasteiger partial charge in [-0.1, -0.05) is 41.9 Å². The summed E-state index contributed by atoms with van der Waals surface area (Å²) in [5.74, 6) is -0.429. The maximum atomic E-state index is 12.2. The Hall–Kier alpha value is -2.67. The Morgan fingerprint density at radius 3 is 2.55 bits per heavy atom. The van der Waals surface area contributed by atoms with E-state index in [0.717, 1.165) is 19.1 Å². The first-order chi connectivity index (χ1) is 14.0. The van der Waals surface area contributed by atoms with Gasteiger partial charge in [0.2, 0.25) is 0 Å². The van der Waals surface area contributed by atoms with E-state index in [1.54, 1.807) is 24.3 Å². The topological polar surface area (TPSA) is 97.2 Å². The molecule has 29 heavy (non-hydrogen) atoms. The Balaban J connectivity index is 1.41. The number of nitrogens with one attached hydrogen (secondary N) is 4. The molecule has 0 saturated heterocycles. The molecule has 6 nitrogen and oxygen atoms in total. The van der Waals surface area contributed by atoms with Gasteiger partial charge in [0, 0.05) is 42.3 Å². The highest BCUT2D eigenvalue weighted by atomic mass is 35.5. The summed E-state index contributed by atoms with van der Waals surface area (Å²) in [6.07, 6.45) is 3.59. The van der Waals surface area contributed by atoms with Crippen LogP contribution < -0.4 is 16.0 Å². The molecule has 2 aromatic rings. The molecule has 2 aromatic carbocycles. The minimum absolute atomic E-state index is 0.105. The third-order valence-corrected chi connectivity index (χ3v) is 5.06. The van der Waals surface area contributed by atoms with Crippen molar-refractivity contribution in [2.75, 3.05) is 18.4 Å². The molecule has 1 atom stereocenters. The Morgan fingerprint density at radius 2 is 1.90 bits per heavy atom. The van der Waals surface area contributed by atoms with Crippen LogP contribution in [0.2, 0.25) is 5.02 Å². The fourth-order valence-electron chi connectivity index (χ4n) is 3.30. The van der Waals surface area contributed by atoms with Gasteiger partial charge >= 0.3 is 0 Å². The van der Waals surface area contributed by atoms with Gasteiger partial charge in [-0.15, -0.1) is 0 Å². The summed E-state index contributed by atoms with van der Waals surface area (Å²) in [5, 5.41) is 27.2. The van der Waals surface area contributed by atoms with Crippen molar-refractivity contribution >= 4 is 29.4 Å². The fraction of sp³-hybridized carbons (Fsp3) is 0.273. The highest BCUT2D eigenvalue weighted by molar-refractivity contribution is 6.30. The van der Waals surface area contributed by atoms with Gasteiger partial charge < -0.3 is 26.5 Å². The van der Waals surface area contributed by atoms with Gasteiger partial charge in [0.1, 0.15) is 0 Å². The van der Waals surface area contributed by atoms with Crippen LogP contribution in [0.4, 0.5) is 5.69 Å². The van der Waals surface area contributed by atoms with E-state index in [2.05, 4.69) is 28.1 Å². The molecule has 0 saturated carbocycles. The van der Waals surface area contributed by atoms with E-state index < -0.39 is 12.0 Å². The van der Waals surface area contributed by atoms with Crippen molar-refractivity contribution in [1.82, 2.24) is 10.6 Å². The molecule has 152 valence electrons. The SMILES string of the molecule is N=C/C(=C\Nc1cccc(Cl)c1)C(=O)NC[C@H](O)CNC1Cc2ccccc2C1. The van der Waals surface area contributed by atoms with Crippen molar-refractivity contribution < 1.29 is 9.90 Å². The summed E-state index contributed by atoms with van der Waals surface area (Å²) >= 11 is 5.93. The number of anilines is 1. The Labute approximate surface area is 175 Å². The molecule has 1 amide bonds. The van der Waals surface area contributed by atoms with Crippen LogP contribution in [0.1, 0.15) is 11.1 Å². The lowest BCUT2D eigenvalue weighted by atomic mass is 10.1. The van der Waals surface area contributed by atoms with Crippen LogP contribution in [0.15, 0.2) is 60.3 Å². The number of carbonyl (C=O) groups excluding carboxylic acids is 1. The van der Waals surface area contributed by atoms with Crippen molar-refractivity contribution in [3.8, 4) is 0 Å². The zero-order chi connectivity index (χ0) is 20.6. The van der Waals surface area contributed by atoms with Crippen LogP contribution in [-0.4, -0.2) is 42.5 Å². The second-order valence-corrected chi connectivity index (χ2v) is 7.48. The quantitative estimate of drug-likeness (QED) is 0.323. The Morgan fingerprint density at radius 1 is 1.17 bits per heavy atom. The molecule has 0 fully saturated rings. The van der Waals surface area contributed by atoms with Crippen LogP contribution >= 0.6 is 11.6 Å². The maximum absolute atomic E-state index is 12.2. The number of rotatable bonds is 9. The third kappa shape index (κ3) is 6.15. The summed E-state index contributed by atoms with van der Waals surface area (Å²) in [6, 6.07) is 15.7. The van der Waals surface area contributed by atoms with Crippen molar-refractivity contribution in [2.45, 2.75) is 25.0 Å². The summed E-state index contributed by atoms with van der Waals surface area (Å²) in [7, 11) is 0. The van der Waals surface area contributed by atoms with E-state index in [4.69, 9.17) is 17.0 Å². The number of benzene rings is 2. The second kappa shape index (κ2) is 10.2. The van der Waals surface area contributed by atoms with E-state index in [-0.39, 0.29) is 12.1 Å². The molecule has 5 N–H and O–H groups in total. The van der Waals surface area contributed by atoms with Crippen molar-refractivity contribution in [3.05, 3.63) is 76.5 Å². The fourth-order valence-corrected chi connectivity index (χ4v) is 3.49. The minimum Gasteiger partial charge on any atom is -0.390 e. The van der Waals surface area contributed by atoms with Crippen LogP contribution in [0.25, 0.3) is 0 Å². The predicted octanol–water partition coefficient (Wildman–Crippen LogP) is 2.52. The molecular formula is C22H25ClN4O2. The molecule has 1 aliphatic rings. The number of carbonyl (C=O) groups is 1. The summed E-state index contributed by atoms with van der Waals surface area (Å²) in [6.45, 7) is 0.497. The third-order valence-electron chi connectivity index (χ3n) is 4.83. The van der Waals surface area contributed by atoms with Gasteiger partial charge in [0.15, 0.2) is 0 Å². The largest absolute Gasteiger partial charge is 0.390 e. The first-order valence-corrected chi connectivity index (χ1v) is 9.92. The van der Waals surface area contributed by atoms with Gasteiger partial charge in [-0.3, -0.25) is 4.79 Å². The molecule has 0 radical (unpaired) electrons. The number of amides is 1. The lowest BCUT2D eigenvalue weighted by Crippen LogP contribution is -2.42. The molecular weight excluding hydrogens is 388 g/mol. The predicted molar refractivity (Wildman–Crippen MR) is 117 cm³/mol.